The van der Waals surface area contributed by atoms with Gasteiger partial charge in [-0.05, 0) is 42.3 Å². The molecule has 106 valence electrons. The molecule has 0 aliphatic carbocycles. The van der Waals surface area contributed by atoms with Crippen molar-refractivity contribution >= 4 is 27.5 Å². The zero-order chi connectivity index (χ0) is 14.5. The van der Waals surface area contributed by atoms with Crippen LogP contribution in [-0.2, 0) is 0 Å². The molecule has 0 fully saturated rings. The highest BCUT2D eigenvalue weighted by Gasteiger charge is 2.17. The number of hydrogen-bond acceptors (Lipinski definition) is 4. The topological polar surface area (TPSA) is 60.2 Å². The molecule has 2 aromatic rings. The number of halogens is 2. The predicted molar refractivity (Wildman–Crippen MR) is 83.7 cm³/mol. The van der Waals surface area contributed by atoms with Crippen LogP contribution in [0.2, 0.25) is 5.02 Å². The minimum Gasteiger partial charge on any atom is -0.492 e. The highest BCUT2D eigenvalue weighted by atomic mass is 79.9. The summed E-state index contributed by atoms with van der Waals surface area (Å²) in [5.74, 6) is 6.39. The smallest absolute Gasteiger partial charge is 0.137 e. The third-order valence-corrected chi connectivity index (χ3v) is 3.65. The summed E-state index contributed by atoms with van der Waals surface area (Å²) in [7, 11) is 0. The Morgan fingerprint density at radius 2 is 2.20 bits per heavy atom. The Morgan fingerprint density at radius 3 is 2.90 bits per heavy atom. The van der Waals surface area contributed by atoms with Gasteiger partial charge in [0.2, 0.25) is 0 Å². The number of nitrogens with zero attached hydrogens (tertiary/aromatic N) is 1. The van der Waals surface area contributed by atoms with Gasteiger partial charge in [0.25, 0.3) is 0 Å². The second kappa shape index (κ2) is 7.04. The molecule has 6 heteroatoms. The Hall–Kier alpha value is -1.14. The van der Waals surface area contributed by atoms with E-state index in [0.717, 1.165) is 15.6 Å². The summed E-state index contributed by atoms with van der Waals surface area (Å²) in [6.07, 6.45) is 3.41. The first-order valence-corrected chi connectivity index (χ1v) is 7.31. The van der Waals surface area contributed by atoms with Crippen molar-refractivity contribution in [1.82, 2.24) is 10.4 Å². The first-order chi connectivity index (χ1) is 9.65. The Bertz CT molecular complexity index is 594. The van der Waals surface area contributed by atoms with Gasteiger partial charge >= 0.3 is 0 Å². The maximum atomic E-state index is 6.25. The summed E-state index contributed by atoms with van der Waals surface area (Å²) in [5.41, 5.74) is 4.53. The zero-order valence-electron chi connectivity index (χ0n) is 10.9. The summed E-state index contributed by atoms with van der Waals surface area (Å²) in [6, 6.07) is 7.28. The molecule has 0 aliphatic rings. The van der Waals surface area contributed by atoms with Crippen molar-refractivity contribution in [2.24, 2.45) is 5.84 Å². The normalized spacial score (nSPS) is 12.2. The summed E-state index contributed by atoms with van der Waals surface area (Å²) >= 11 is 9.69. The van der Waals surface area contributed by atoms with Gasteiger partial charge in [-0.3, -0.25) is 10.8 Å². The maximum Gasteiger partial charge on any atom is 0.137 e. The quantitative estimate of drug-likeness (QED) is 0.636. The van der Waals surface area contributed by atoms with Crippen LogP contribution in [0, 0.1) is 0 Å². The molecule has 1 aromatic carbocycles. The van der Waals surface area contributed by atoms with Gasteiger partial charge in [0, 0.05) is 15.7 Å². The van der Waals surface area contributed by atoms with Crippen LogP contribution in [-0.4, -0.2) is 11.6 Å². The van der Waals surface area contributed by atoms with Gasteiger partial charge in [-0.2, -0.15) is 0 Å². The van der Waals surface area contributed by atoms with E-state index in [2.05, 4.69) is 26.3 Å². The lowest BCUT2D eigenvalue weighted by Crippen LogP contribution is -2.29. The molecule has 0 aliphatic heterocycles. The first-order valence-electron chi connectivity index (χ1n) is 6.14. The lowest BCUT2D eigenvalue weighted by molar-refractivity contribution is 0.338. The second-order valence-corrected chi connectivity index (χ2v) is 5.48. The molecule has 0 radical (unpaired) electrons. The Kier molecular flexibility index (Phi) is 5.37. The lowest BCUT2D eigenvalue weighted by Gasteiger charge is -2.19. The molecule has 1 unspecified atom stereocenters. The summed E-state index contributed by atoms with van der Waals surface area (Å²) in [5, 5.41) is 0.637. The van der Waals surface area contributed by atoms with Gasteiger partial charge in [0.05, 0.1) is 18.8 Å². The van der Waals surface area contributed by atoms with E-state index in [9.17, 15) is 0 Å². The molecule has 4 nitrogen and oxygen atoms in total. The molecule has 0 amide bonds. The van der Waals surface area contributed by atoms with Gasteiger partial charge < -0.3 is 4.74 Å². The molecule has 2 rings (SSSR count). The molecule has 3 N–H and O–H groups in total. The van der Waals surface area contributed by atoms with Gasteiger partial charge in [0.15, 0.2) is 0 Å². The fourth-order valence-electron chi connectivity index (χ4n) is 1.94. The largest absolute Gasteiger partial charge is 0.492 e. The number of ether oxygens (including phenoxy) is 1. The van der Waals surface area contributed by atoms with Crippen molar-refractivity contribution in [3.63, 3.8) is 0 Å². The van der Waals surface area contributed by atoms with Crippen molar-refractivity contribution in [2.75, 3.05) is 6.61 Å². The Balaban J connectivity index is 2.41. The van der Waals surface area contributed by atoms with E-state index in [0.29, 0.717) is 17.4 Å². The van der Waals surface area contributed by atoms with E-state index < -0.39 is 0 Å². The molecule has 1 atom stereocenters. The van der Waals surface area contributed by atoms with Gasteiger partial charge in [-0.25, -0.2) is 5.43 Å². The minimum atomic E-state index is -0.257. The standard InChI is InChI=1S/C14H15BrClN3O/c1-2-20-11-5-9(7-18-8-11)14(19-17)12-6-10(15)3-4-13(12)16/h3-8,14,19H,2,17H2,1H3. The minimum absolute atomic E-state index is 0.257. The fraction of sp³-hybridized carbons (Fsp3) is 0.214. The number of pyridine rings is 1. The molecule has 0 saturated heterocycles. The van der Waals surface area contributed by atoms with Gasteiger partial charge in [-0.1, -0.05) is 27.5 Å². The summed E-state index contributed by atoms with van der Waals surface area (Å²) < 4.78 is 6.39. The second-order valence-electron chi connectivity index (χ2n) is 4.15. The van der Waals surface area contributed by atoms with Crippen LogP contribution in [0.15, 0.2) is 41.1 Å². The highest BCUT2D eigenvalue weighted by Crippen LogP contribution is 2.31. The number of hydrogen-bond donors (Lipinski definition) is 2. The molecule has 0 saturated carbocycles. The highest BCUT2D eigenvalue weighted by molar-refractivity contribution is 9.10. The monoisotopic (exact) mass is 355 g/mol. The number of benzene rings is 1. The van der Waals surface area contributed by atoms with Gasteiger partial charge in [-0.15, -0.1) is 0 Å². The van der Waals surface area contributed by atoms with Crippen LogP contribution in [0.1, 0.15) is 24.1 Å². The molecule has 20 heavy (non-hydrogen) atoms. The summed E-state index contributed by atoms with van der Waals surface area (Å²) in [6.45, 7) is 2.51. The predicted octanol–water partition coefficient (Wildman–Crippen LogP) is 3.45. The van der Waals surface area contributed by atoms with Crippen LogP contribution >= 0.6 is 27.5 Å². The van der Waals surface area contributed by atoms with Crippen molar-refractivity contribution in [3.8, 4) is 5.75 Å². The maximum absolute atomic E-state index is 6.25. The molecule has 0 spiro atoms. The van der Waals surface area contributed by atoms with E-state index in [1.54, 1.807) is 12.4 Å². The zero-order valence-corrected chi connectivity index (χ0v) is 13.3. The molecule has 1 aromatic heterocycles. The van der Waals surface area contributed by atoms with E-state index in [1.165, 1.54) is 0 Å². The number of rotatable bonds is 5. The first kappa shape index (κ1) is 15.3. The third kappa shape index (κ3) is 3.49. The van der Waals surface area contributed by atoms with Crippen molar-refractivity contribution in [3.05, 3.63) is 57.3 Å². The Labute approximate surface area is 131 Å². The number of hydrazine groups is 1. The number of aromatic nitrogens is 1. The van der Waals surface area contributed by atoms with E-state index >= 15 is 0 Å². The lowest BCUT2D eigenvalue weighted by atomic mass is 10.0. The summed E-state index contributed by atoms with van der Waals surface area (Å²) in [4.78, 5) is 4.17. The molecular formula is C14H15BrClN3O. The average molecular weight is 357 g/mol. The molecule has 0 bridgehead atoms. The van der Waals surface area contributed by atoms with Crippen molar-refractivity contribution < 1.29 is 4.74 Å². The fourth-order valence-corrected chi connectivity index (χ4v) is 2.55. The van der Waals surface area contributed by atoms with Crippen LogP contribution in [0.4, 0.5) is 0 Å². The number of nitrogens with one attached hydrogen (secondary N) is 1. The van der Waals surface area contributed by atoms with E-state index in [4.69, 9.17) is 22.2 Å². The third-order valence-electron chi connectivity index (χ3n) is 2.81. The van der Waals surface area contributed by atoms with Gasteiger partial charge in [0.1, 0.15) is 5.75 Å². The van der Waals surface area contributed by atoms with Crippen molar-refractivity contribution in [1.29, 1.82) is 0 Å². The SMILES string of the molecule is CCOc1cncc(C(NN)c2cc(Br)ccc2Cl)c1. The van der Waals surface area contributed by atoms with Crippen LogP contribution in [0.3, 0.4) is 0 Å². The van der Waals surface area contributed by atoms with E-state index in [1.807, 2.05) is 31.2 Å². The Morgan fingerprint density at radius 1 is 1.40 bits per heavy atom. The average Bonchev–Trinajstić information content (AvgIpc) is 2.44. The van der Waals surface area contributed by atoms with E-state index in [-0.39, 0.29) is 6.04 Å². The molecular weight excluding hydrogens is 342 g/mol. The van der Waals surface area contributed by atoms with Crippen molar-refractivity contribution in [2.45, 2.75) is 13.0 Å². The van der Waals surface area contributed by atoms with Crippen LogP contribution in [0.25, 0.3) is 0 Å². The number of nitrogens with two attached hydrogens (primary N) is 1. The van der Waals surface area contributed by atoms with Crippen LogP contribution < -0.4 is 16.0 Å². The van der Waals surface area contributed by atoms with Crippen LogP contribution in [0.5, 0.6) is 5.75 Å². The molecule has 1 heterocycles.